The van der Waals surface area contributed by atoms with Gasteiger partial charge in [0.05, 0.1) is 22.5 Å². The molecule has 1 saturated heterocycles. The summed E-state index contributed by atoms with van der Waals surface area (Å²) in [6.45, 7) is 2.72. The summed E-state index contributed by atoms with van der Waals surface area (Å²) in [7, 11) is 0. The van der Waals surface area contributed by atoms with Crippen LogP contribution in [0.5, 0.6) is 5.75 Å². The zero-order chi connectivity index (χ0) is 22.2. The number of aromatic hydroxyl groups is 1. The normalized spacial score (nSPS) is 16.9. The fraction of sp³-hybridized carbons (Fsp3) is 0.360. The Labute approximate surface area is 184 Å². The Hall–Kier alpha value is -3.06. The molecule has 1 aliphatic heterocycles. The van der Waals surface area contributed by atoms with Gasteiger partial charge in [-0.2, -0.15) is 0 Å². The Bertz CT molecular complexity index is 1160. The molecule has 1 aliphatic carbocycles. The van der Waals surface area contributed by atoms with Crippen LogP contribution in [0.1, 0.15) is 47.7 Å². The highest BCUT2D eigenvalue weighted by Gasteiger charge is 2.30. The van der Waals surface area contributed by atoms with Gasteiger partial charge < -0.3 is 15.7 Å². The minimum Gasteiger partial charge on any atom is -0.503 e. The lowest BCUT2D eigenvalue weighted by atomic mass is 9.96. The maximum atomic E-state index is 13.9. The van der Waals surface area contributed by atoms with E-state index in [0.717, 1.165) is 86.0 Å². The molecule has 3 N–H and O–H groups in total. The number of carbonyl (C=O) groups excluding carboxylic acids is 1. The lowest BCUT2D eigenvalue weighted by Crippen LogP contribution is -2.31. The number of benzene rings is 2. The Balaban J connectivity index is 1.61. The number of aldehydes is 1. The van der Waals surface area contributed by atoms with E-state index >= 15 is 0 Å². The maximum absolute atomic E-state index is 13.9. The molecule has 0 amide bonds. The van der Waals surface area contributed by atoms with E-state index in [-0.39, 0.29) is 0 Å². The molecule has 1 aromatic heterocycles. The quantitative estimate of drug-likeness (QED) is 0.474. The number of pyridine rings is 1. The van der Waals surface area contributed by atoms with Crippen LogP contribution in [-0.4, -0.2) is 36.0 Å². The van der Waals surface area contributed by atoms with Crippen molar-refractivity contribution in [2.24, 2.45) is 5.92 Å². The smallest absolute Gasteiger partial charge is 0.187 e. The summed E-state index contributed by atoms with van der Waals surface area (Å²) in [5.41, 5.74) is 3.78. The third kappa shape index (κ3) is 3.93. The van der Waals surface area contributed by atoms with Crippen molar-refractivity contribution in [3.63, 3.8) is 0 Å². The molecule has 5 rings (SSSR count). The largest absolute Gasteiger partial charge is 0.503 e. The first kappa shape index (κ1) is 20.8. The molecule has 5 nitrogen and oxygen atoms in total. The molecule has 1 saturated carbocycles. The van der Waals surface area contributed by atoms with Gasteiger partial charge in [0.1, 0.15) is 0 Å². The number of halogens is 2. The highest BCUT2D eigenvalue weighted by molar-refractivity contribution is 6.03. The molecular weight excluding hydrogens is 412 g/mol. The van der Waals surface area contributed by atoms with Crippen molar-refractivity contribution in [3.05, 3.63) is 53.2 Å². The number of nitrogens with zero attached hydrogens (tertiary/aromatic N) is 1. The molecule has 0 bridgehead atoms. The molecule has 3 aromatic rings. The van der Waals surface area contributed by atoms with Gasteiger partial charge in [0, 0.05) is 17.8 Å². The third-order valence-corrected chi connectivity index (χ3v) is 6.51. The second-order valence-electron chi connectivity index (χ2n) is 8.77. The summed E-state index contributed by atoms with van der Waals surface area (Å²) in [6.07, 6.45) is 5.06. The summed E-state index contributed by atoms with van der Waals surface area (Å²) < 4.78 is 27.9. The van der Waals surface area contributed by atoms with Crippen LogP contribution < -0.4 is 10.6 Å². The molecule has 0 spiro atoms. The summed E-state index contributed by atoms with van der Waals surface area (Å²) >= 11 is 0. The van der Waals surface area contributed by atoms with Crippen molar-refractivity contribution in [1.29, 1.82) is 0 Å². The second kappa shape index (κ2) is 8.47. The van der Waals surface area contributed by atoms with Crippen LogP contribution in [0.25, 0.3) is 22.0 Å². The molecule has 0 atom stereocenters. The van der Waals surface area contributed by atoms with Gasteiger partial charge in [-0.15, -0.1) is 0 Å². The minimum atomic E-state index is -1.01. The number of phenols is 1. The first-order valence-electron chi connectivity index (χ1n) is 11.1. The van der Waals surface area contributed by atoms with Crippen LogP contribution in [-0.2, 0) is 0 Å². The molecule has 0 radical (unpaired) electrons. The van der Waals surface area contributed by atoms with Crippen molar-refractivity contribution >= 4 is 22.9 Å². The third-order valence-electron chi connectivity index (χ3n) is 6.51. The van der Waals surface area contributed by atoms with E-state index in [1.807, 2.05) is 12.1 Å². The Morgan fingerprint density at radius 3 is 2.44 bits per heavy atom. The van der Waals surface area contributed by atoms with Gasteiger partial charge in [-0.1, -0.05) is 6.07 Å². The molecular formula is C25H25F2N3O2. The van der Waals surface area contributed by atoms with Crippen LogP contribution in [0, 0.1) is 17.6 Å². The fourth-order valence-corrected chi connectivity index (χ4v) is 4.52. The average molecular weight is 437 g/mol. The van der Waals surface area contributed by atoms with E-state index in [9.17, 15) is 18.7 Å². The Morgan fingerprint density at radius 1 is 1.06 bits per heavy atom. The Morgan fingerprint density at radius 2 is 1.78 bits per heavy atom. The van der Waals surface area contributed by atoms with E-state index in [0.29, 0.717) is 28.5 Å². The number of nitrogens with one attached hydrogen (secondary N) is 2. The monoisotopic (exact) mass is 437 g/mol. The van der Waals surface area contributed by atoms with E-state index in [1.54, 1.807) is 6.07 Å². The highest BCUT2D eigenvalue weighted by Crippen LogP contribution is 2.44. The van der Waals surface area contributed by atoms with Crippen LogP contribution in [0.3, 0.4) is 0 Å². The van der Waals surface area contributed by atoms with Crippen molar-refractivity contribution in [2.45, 2.75) is 31.6 Å². The molecule has 2 heterocycles. The molecule has 2 aliphatic rings. The van der Waals surface area contributed by atoms with Gasteiger partial charge in [0.25, 0.3) is 0 Å². The topological polar surface area (TPSA) is 74.2 Å². The van der Waals surface area contributed by atoms with Gasteiger partial charge in [-0.3, -0.25) is 9.78 Å². The molecule has 166 valence electrons. The van der Waals surface area contributed by atoms with Crippen LogP contribution in [0.4, 0.5) is 14.5 Å². The first-order valence-corrected chi connectivity index (χ1v) is 11.1. The summed E-state index contributed by atoms with van der Waals surface area (Å²) in [4.78, 5) is 16.9. The summed E-state index contributed by atoms with van der Waals surface area (Å²) in [6, 6.07) is 7.60. The number of rotatable bonds is 6. The molecule has 0 unspecified atom stereocenters. The number of phenolic OH excluding ortho intramolecular Hbond substituents is 1. The number of hydrogen-bond donors (Lipinski definition) is 3. The van der Waals surface area contributed by atoms with Crippen LogP contribution in [0.15, 0.2) is 30.3 Å². The standard InChI is InChI=1S/C25H25F2N3O2/c26-20-10-17(11-21(27)25(20)32)16-3-4-22-18(9-16)24(29-12-14-5-7-28-8-6-14)19(13-31)23(30-22)15-1-2-15/h3-4,9-11,13-15,28,32H,1-2,5-8,12H2,(H,29,30). The SMILES string of the molecule is O=Cc1c(C2CC2)nc2ccc(-c3cc(F)c(O)c(F)c3)cc2c1NCC1CCNCC1. The van der Waals surface area contributed by atoms with Crippen molar-refractivity contribution in [1.82, 2.24) is 10.3 Å². The predicted octanol–water partition coefficient (Wildman–Crippen LogP) is 4.99. The van der Waals surface area contributed by atoms with Crippen molar-refractivity contribution in [3.8, 4) is 16.9 Å². The number of carbonyl (C=O) groups is 1. The predicted molar refractivity (Wildman–Crippen MR) is 120 cm³/mol. The zero-order valence-electron chi connectivity index (χ0n) is 17.6. The van der Waals surface area contributed by atoms with Gasteiger partial charge in [-0.25, -0.2) is 8.78 Å². The average Bonchev–Trinajstić information content (AvgIpc) is 3.66. The molecule has 7 heteroatoms. The number of hydrogen-bond acceptors (Lipinski definition) is 5. The van der Waals surface area contributed by atoms with Crippen molar-refractivity contribution in [2.75, 3.05) is 25.0 Å². The maximum Gasteiger partial charge on any atom is 0.187 e. The van der Waals surface area contributed by atoms with Crippen LogP contribution in [0.2, 0.25) is 0 Å². The summed E-state index contributed by atoms with van der Waals surface area (Å²) in [5.74, 6) is -2.20. The highest BCUT2D eigenvalue weighted by atomic mass is 19.1. The second-order valence-corrected chi connectivity index (χ2v) is 8.77. The van der Waals surface area contributed by atoms with Gasteiger partial charge in [0.2, 0.25) is 0 Å². The Kier molecular flexibility index (Phi) is 5.51. The number of anilines is 1. The van der Waals surface area contributed by atoms with Gasteiger partial charge >= 0.3 is 0 Å². The van der Waals surface area contributed by atoms with Crippen molar-refractivity contribution < 1.29 is 18.7 Å². The molecule has 2 fully saturated rings. The lowest BCUT2D eigenvalue weighted by Gasteiger charge is -2.24. The van der Waals surface area contributed by atoms with E-state index in [4.69, 9.17) is 4.98 Å². The van der Waals surface area contributed by atoms with Gasteiger partial charge in [-0.05, 0) is 80.1 Å². The minimum absolute atomic E-state index is 0.305. The van der Waals surface area contributed by atoms with E-state index in [1.165, 1.54) is 0 Å². The first-order chi connectivity index (χ1) is 15.5. The zero-order valence-corrected chi connectivity index (χ0v) is 17.6. The number of aromatic nitrogens is 1. The molecule has 32 heavy (non-hydrogen) atoms. The number of piperidine rings is 1. The van der Waals surface area contributed by atoms with Gasteiger partial charge in [0.15, 0.2) is 23.7 Å². The molecule has 2 aromatic carbocycles. The van der Waals surface area contributed by atoms with E-state index < -0.39 is 17.4 Å². The van der Waals surface area contributed by atoms with Crippen LogP contribution >= 0.6 is 0 Å². The summed E-state index contributed by atoms with van der Waals surface area (Å²) in [5, 5.41) is 17.1. The number of fused-ring (bicyclic) bond motifs is 1. The van der Waals surface area contributed by atoms with E-state index in [2.05, 4.69) is 10.6 Å². The lowest BCUT2D eigenvalue weighted by molar-refractivity contribution is 0.112. The fourth-order valence-electron chi connectivity index (χ4n) is 4.52.